The predicted molar refractivity (Wildman–Crippen MR) is 61.6 cm³/mol. The number of nitrogens with two attached hydrogens (primary N) is 1. The second-order valence-electron chi connectivity index (χ2n) is 4.77. The number of hydrogen-bond donors (Lipinski definition) is 2. The van der Waals surface area contributed by atoms with Gasteiger partial charge in [-0.3, -0.25) is 0 Å². The summed E-state index contributed by atoms with van der Waals surface area (Å²) in [4.78, 5) is 0. The molecule has 2 nitrogen and oxygen atoms in total. The van der Waals surface area contributed by atoms with E-state index in [1.807, 2.05) is 0 Å². The van der Waals surface area contributed by atoms with Crippen LogP contribution in [0.1, 0.15) is 35.6 Å². The van der Waals surface area contributed by atoms with Gasteiger partial charge in [0, 0.05) is 0 Å². The number of aliphatic hydroxyl groups is 1. The summed E-state index contributed by atoms with van der Waals surface area (Å²) in [6.45, 7) is 4.12. The second kappa shape index (κ2) is 3.95. The van der Waals surface area contributed by atoms with Crippen molar-refractivity contribution in [2.24, 2.45) is 11.7 Å². The topological polar surface area (TPSA) is 46.2 Å². The lowest BCUT2D eigenvalue weighted by atomic mass is 9.96. The first-order valence-electron chi connectivity index (χ1n) is 5.60. The smallest absolute Gasteiger partial charge is 0.0760 e. The van der Waals surface area contributed by atoms with Crippen LogP contribution in [0.15, 0.2) is 18.2 Å². The average Bonchev–Trinajstić information content (AvgIpc) is 2.97. The molecule has 82 valence electrons. The molecule has 0 aliphatic heterocycles. The van der Waals surface area contributed by atoms with Crippen molar-refractivity contribution in [1.29, 1.82) is 0 Å². The molecule has 2 atom stereocenters. The lowest BCUT2D eigenvalue weighted by Crippen LogP contribution is -2.28. The molecule has 0 unspecified atom stereocenters. The summed E-state index contributed by atoms with van der Waals surface area (Å²) in [5, 5.41) is 9.97. The van der Waals surface area contributed by atoms with E-state index in [-0.39, 0.29) is 12.1 Å². The van der Waals surface area contributed by atoms with Crippen molar-refractivity contribution < 1.29 is 5.11 Å². The van der Waals surface area contributed by atoms with Crippen LogP contribution in [0.3, 0.4) is 0 Å². The molecule has 0 radical (unpaired) electrons. The molecule has 1 aliphatic carbocycles. The van der Waals surface area contributed by atoms with Gasteiger partial charge in [-0.15, -0.1) is 0 Å². The Bertz CT molecular complexity index is 337. The Morgan fingerprint density at radius 1 is 1.20 bits per heavy atom. The van der Waals surface area contributed by atoms with E-state index in [0.29, 0.717) is 5.92 Å². The minimum Gasteiger partial charge on any atom is -0.391 e. The minimum absolute atomic E-state index is 0.226. The molecule has 0 saturated heterocycles. The van der Waals surface area contributed by atoms with Gasteiger partial charge >= 0.3 is 0 Å². The van der Waals surface area contributed by atoms with E-state index < -0.39 is 0 Å². The van der Waals surface area contributed by atoms with Gasteiger partial charge in [0.1, 0.15) is 0 Å². The maximum atomic E-state index is 9.97. The number of benzene rings is 1. The Morgan fingerprint density at radius 3 is 2.20 bits per heavy atom. The zero-order chi connectivity index (χ0) is 11.0. The fourth-order valence-electron chi connectivity index (χ4n) is 2.13. The van der Waals surface area contributed by atoms with Crippen molar-refractivity contribution in [2.75, 3.05) is 0 Å². The van der Waals surface area contributed by atoms with E-state index in [4.69, 9.17) is 5.73 Å². The third-order valence-electron chi connectivity index (χ3n) is 3.10. The van der Waals surface area contributed by atoms with Crippen LogP contribution in [-0.2, 0) is 0 Å². The lowest BCUT2D eigenvalue weighted by molar-refractivity contribution is 0.122. The first-order valence-corrected chi connectivity index (χ1v) is 5.60. The van der Waals surface area contributed by atoms with Crippen molar-refractivity contribution in [1.82, 2.24) is 0 Å². The van der Waals surface area contributed by atoms with Crippen LogP contribution in [-0.4, -0.2) is 11.2 Å². The molecular formula is C13H19NO. The van der Waals surface area contributed by atoms with Gasteiger partial charge in [-0.2, -0.15) is 0 Å². The van der Waals surface area contributed by atoms with Crippen LogP contribution in [0.5, 0.6) is 0 Å². The molecule has 1 aromatic rings. The number of rotatable bonds is 3. The molecule has 0 spiro atoms. The van der Waals surface area contributed by atoms with Gasteiger partial charge in [0.15, 0.2) is 0 Å². The first kappa shape index (κ1) is 10.7. The van der Waals surface area contributed by atoms with Gasteiger partial charge in [0.25, 0.3) is 0 Å². The predicted octanol–water partition coefficient (Wildman–Crippen LogP) is 2.07. The Hall–Kier alpha value is -0.860. The van der Waals surface area contributed by atoms with Crippen LogP contribution in [0.4, 0.5) is 0 Å². The SMILES string of the molecule is Cc1cc(C)cc([C@H](N)[C@H](O)C2CC2)c1. The summed E-state index contributed by atoms with van der Waals surface area (Å²) >= 11 is 0. The fraction of sp³-hybridized carbons (Fsp3) is 0.538. The Balaban J connectivity index is 2.19. The highest BCUT2D eigenvalue weighted by Crippen LogP contribution is 2.37. The number of aryl methyl sites for hydroxylation is 2. The normalized spacial score (nSPS) is 20.0. The summed E-state index contributed by atoms with van der Waals surface area (Å²) in [7, 11) is 0. The molecule has 1 aliphatic rings. The van der Waals surface area contributed by atoms with E-state index in [1.165, 1.54) is 11.1 Å². The molecule has 15 heavy (non-hydrogen) atoms. The molecule has 0 amide bonds. The van der Waals surface area contributed by atoms with Gasteiger partial charge in [-0.25, -0.2) is 0 Å². The average molecular weight is 205 g/mol. The molecule has 0 heterocycles. The molecule has 2 heteroatoms. The Labute approximate surface area is 91.1 Å². The summed E-state index contributed by atoms with van der Waals surface area (Å²) < 4.78 is 0. The van der Waals surface area contributed by atoms with E-state index in [1.54, 1.807) is 0 Å². The van der Waals surface area contributed by atoms with Crippen molar-refractivity contribution in [3.63, 3.8) is 0 Å². The zero-order valence-corrected chi connectivity index (χ0v) is 9.40. The van der Waals surface area contributed by atoms with Crippen LogP contribution in [0, 0.1) is 19.8 Å². The molecular weight excluding hydrogens is 186 g/mol. The molecule has 0 aromatic heterocycles. The molecule has 0 bridgehead atoms. The van der Waals surface area contributed by atoms with Gasteiger partial charge in [-0.1, -0.05) is 29.3 Å². The third kappa shape index (κ3) is 2.39. The van der Waals surface area contributed by atoms with Crippen molar-refractivity contribution >= 4 is 0 Å². The molecule has 2 rings (SSSR count). The maximum absolute atomic E-state index is 9.97. The van der Waals surface area contributed by atoms with E-state index >= 15 is 0 Å². The maximum Gasteiger partial charge on any atom is 0.0760 e. The van der Waals surface area contributed by atoms with E-state index in [0.717, 1.165) is 18.4 Å². The highest BCUT2D eigenvalue weighted by Gasteiger charge is 2.34. The highest BCUT2D eigenvalue weighted by atomic mass is 16.3. The minimum atomic E-state index is -0.369. The lowest BCUT2D eigenvalue weighted by Gasteiger charge is -2.19. The summed E-state index contributed by atoms with van der Waals surface area (Å²) in [6.07, 6.45) is 1.88. The fourth-order valence-corrected chi connectivity index (χ4v) is 2.13. The monoisotopic (exact) mass is 205 g/mol. The Kier molecular flexibility index (Phi) is 2.81. The van der Waals surface area contributed by atoms with Gasteiger partial charge < -0.3 is 10.8 Å². The molecule has 1 aromatic carbocycles. The largest absolute Gasteiger partial charge is 0.391 e. The summed E-state index contributed by atoms with van der Waals surface area (Å²) in [5.41, 5.74) is 9.55. The van der Waals surface area contributed by atoms with Crippen LogP contribution >= 0.6 is 0 Å². The molecule has 1 saturated carbocycles. The van der Waals surface area contributed by atoms with Gasteiger partial charge in [-0.05, 0) is 38.2 Å². The van der Waals surface area contributed by atoms with Gasteiger partial charge in [0.05, 0.1) is 12.1 Å². The van der Waals surface area contributed by atoms with E-state index in [9.17, 15) is 5.11 Å². The zero-order valence-electron chi connectivity index (χ0n) is 9.40. The summed E-state index contributed by atoms with van der Waals surface area (Å²) in [5.74, 6) is 0.431. The second-order valence-corrected chi connectivity index (χ2v) is 4.77. The third-order valence-corrected chi connectivity index (χ3v) is 3.10. The molecule has 1 fully saturated rings. The standard InChI is InChI=1S/C13H19NO/c1-8-5-9(2)7-11(6-8)12(14)13(15)10-3-4-10/h5-7,10,12-13,15H,3-4,14H2,1-2H3/t12-,13+/m0/s1. The summed E-state index contributed by atoms with van der Waals surface area (Å²) in [6, 6.07) is 6.04. The van der Waals surface area contributed by atoms with Crippen molar-refractivity contribution in [3.8, 4) is 0 Å². The van der Waals surface area contributed by atoms with Crippen molar-refractivity contribution in [3.05, 3.63) is 34.9 Å². The van der Waals surface area contributed by atoms with Crippen LogP contribution < -0.4 is 5.73 Å². The van der Waals surface area contributed by atoms with Crippen LogP contribution in [0.2, 0.25) is 0 Å². The first-order chi connectivity index (χ1) is 7.08. The highest BCUT2D eigenvalue weighted by molar-refractivity contribution is 5.31. The molecule has 3 N–H and O–H groups in total. The Morgan fingerprint density at radius 2 is 1.73 bits per heavy atom. The van der Waals surface area contributed by atoms with Gasteiger partial charge in [0.2, 0.25) is 0 Å². The van der Waals surface area contributed by atoms with Crippen LogP contribution in [0.25, 0.3) is 0 Å². The van der Waals surface area contributed by atoms with Crippen molar-refractivity contribution in [2.45, 2.75) is 38.8 Å². The quantitative estimate of drug-likeness (QED) is 0.793. The number of aliphatic hydroxyl groups excluding tert-OH is 1. The number of hydrogen-bond acceptors (Lipinski definition) is 2. The van der Waals surface area contributed by atoms with E-state index in [2.05, 4.69) is 32.0 Å².